The number of carbonyl (C=O) groups excluding carboxylic acids is 1. The minimum absolute atomic E-state index is 0.0972. The number of carboxylic acid groups (broad SMARTS) is 1. The zero-order chi connectivity index (χ0) is 15.2. The van der Waals surface area contributed by atoms with Gasteiger partial charge in [-0.3, -0.25) is 9.59 Å². The molecule has 1 aromatic rings. The topological polar surface area (TPSA) is 79.7 Å². The van der Waals surface area contributed by atoms with E-state index in [-0.39, 0.29) is 18.2 Å². The highest BCUT2D eigenvalue weighted by molar-refractivity contribution is 5.96. The summed E-state index contributed by atoms with van der Waals surface area (Å²) in [5, 5.41) is 8.76. The maximum Gasteiger partial charge on any atom is 0.303 e. The summed E-state index contributed by atoms with van der Waals surface area (Å²) >= 11 is 0. The molecule has 114 valence electrons. The molecule has 1 fully saturated rings. The van der Waals surface area contributed by atoms with Crippen LogP contribution in [0.15, 0.2) is 18.3 Å². The van der Waals surface area contributed by atoms with E-state index in [1.165, 1.54) is 7.11 Å². The van der Waals surface area contributed by atoms with Crippen LogP contribution in [0.5, 0.6) is 5.88 Å². The van der Waals surface area contributed by atoms with Gasteiger partial charge in [-0.2, -0.15) is 0 Å². The van der Waals surface area contributed by atoms with Crippen LogP contribution in [0.2, 0.25) is 0 Å². The van der Waals surface area contributed by atoms with E-state index in [1.807, 2.05) is 0 Å². The van der Waals surface area contributed by atoms with Crippen molar-refractivity contribution < 1.29 is 19.4 Å². The smallest absolute Gasteiger partial charge is 0.303 e. The van der Waals surface area contributed by atoms with Gasteiger partial charge in [0.2, 0.25) is 5.88 Å². The van der Waals surface area contributed by atoms with Crippen molar-refractivity contribution in [2.24, 2.45) is 5.92 Å². The van der Waals surface area contributed by atoms with Crippen LogP contribution < -0.4 is 4.74 Å². The highest BCUT2D eigenvalue weighted by atomic mass is 16.5. The van der Waals surface area contributed by atoms with Crippen molar-refractivity contribution in [2.75, 3.05) is 20.2 Å². The number of nitrogens with zero attached hydrogens (tertiary/aromatic N) is 2. The van der Waals surface area contributed by atoms with Crippen molar-refractivity contribution in [1.29, 1.82) is 0 Å². The standard InChI is InChI=1S/C15H20N2O4/c1-21-14-12(5-2-8-16-14)15(20)17-9-3-4-11(10-17)6-7-13(18)19/h2,5,8,11H,3-4,6-7,9-10H2,1H3,(H,18,19). The first kappa shape index (κ1) is 15.3. The first-order chi connectivity index (χ1) is 10.1. The largest absolute Gasteiger partial charge is 0.481 e. The number of hydrogen-bond acceptors (Lipinski definition) is 4. The van der Waals surface area contributed by atoms with Gasteiger partial charge in [0, 0.05) is 25.7 Å². The summed E-state index contributed by atoms with van der Waals surface area (Å²) in [6.07, 6.45) is 4.23. The molecule has 1 amide bonds. The Morgan fingerprint density at radius 3 is 3.05 bits per heavy atom. The summed E-state index contributed by atoms with van der Waals surface area (Å²) in [6, 6.07) is 3.41. The van der Waals surface area contributed by atoms with Crippen LogP contribution in [-0.4, -0.2) is 47.1 Å². The molecule has 2 rings (SSSR count). The molecule has 1 aromatic heterocycles. The second-order valence-electron chi connectivity index (χ2n) is 5.25. The molecule has 1 aliphatic heterocycles. The highest BCUT2D eigenvalue weighted by Crippen LogP contribution is 2.24. The third-order valence-corrected chi connectivity index (χ3v) is 3.77. The Morgan fingerprint density at radius 2 is 2.33 bits per heavy atom. The van der Waals surface area contributed by atoms with Crippen LogP contribution in [0, 0.1) is 5.92 Å². The zero-order valence-electron chi connectivity index (χ0n) is 12.1. The lowest BCUT2D eigenvalue weighted by molar-refractivity contribution is -0.137. The molecule has 1 aliphatic rings. The third-order valence-electron chi connectivity index (χ3n) is 3.77. The Labute approximate surface area is 123 Å². The summed E-state index contributed by atoms with van der Waals surface area (Å²) in [4.78, 5) is 29.0. The number of pyridine rings is 1. The van der Waals surface area contributed by atoms with Crippen LogP contribution in [0.1, 0.15) is 36.0 Å². The molecule has 1 saturated heterocycles. The van der Waals surface area contributed by atoms with E-state index in [4.69, 9.17) is 9.84 Å². The van der Waals surface area contributed by atoms with Gasteiger partial charge in [-0.05, 0) is 37.3 Å². The number of aliphatic carboxylic acids is 1. The predicted octanol–water partition coefficient (Wildman–Crippen LogP) is 1.81. The van der Waals surface area contributed by atoms with Crippen LogP contribution in [0.3, 0.4) is 0 Å². The second kappa shape index (κ2) is 7.06. The molecule has 1 N–H and O–H groups in total. The van der Waals surface area contributed by atoms with E-state index >= 15 is 0 Å². The minimum Gasteiger partial charge on any atom is -0.481 e. The number of hydrogen-bond donors (Lipinski definition) is 1. The van der Waals surface area contributed by atoms with Gasteiger partial charge in [-0.25, -0.2) is 4.98 Å². The Kier molecular flexibility index (Phi) is 5.14. The molecule has 6 heteroatoms. The number of carboxylic acids is 1. The average molecular weight is 292 g/mol. The van der Waals surface area contributed by atoms with E-state index < -0.39 is 5.97 Å². The third kappa shape index (κ3) is 3.93. The van der Waals surface area contributed by atoms with Crippen molar-refractivity contribution >= 4 is 11.9 Å². The normalized spacial score (nSPS) is 18.3. The van der Waals surface area contributed by atoms with E-state index in [0.29, 0.717) is 31.0 Å². The summed E-state index contributed by atoms with van der Waals surface area (Å²) in [5.41, 5.74) is 0.457. The highest BCUT2D eigenvalue weighted by Gasteiger charge is 2.26. The molecule has 0 saturated carbocycles. The van der Waals surface area contributed by atoms with Gasteiger partial charge in [0.05, 0.1) is 7.11 Å². The lowest BCUT2D eigenvalue weighted by Crippen LogP contribution is -2.40. The fourth-order valence-corrected chi connectivity index (χ4v) is 2.70. The van der Waals surface area contributed by atoms with Crippen molar-refractivity contribution in [3.8, 4) is 5.88 Å². The van der Waals surface area contributed by atoms with Gasteiger partial charge in [0.1, 0.15) is 5.56 Å². The molecule has 0 radical (unpaired) electrons. The van der Waals surface area contributed by atoms with Gasteiger partial charge in [-0.15, -0.1) is 0 Å². The molecule has 6 nitrogen and oxygen atoms in total. The van der Waals surface area contributed by atoms with E-state index in [9.17, 15) is 9.59 Å². The molecular weight excluding hydrogens is 272 g/mol. The maximum atomic E-state index is 12.6. The molecule has 1 atom stereocenters. The quantitative estimate of drug-likeness (QED) is 0.895. The number of ether oxygens (including phenoxy) is 1. The van der Waals surface area contributed by atoms with Crippen LogP contribution in [-0.2, 0) is 4.79 Å². The van der Waals surface area contributed by atoms with Crippen LogP contribution in [0.4, 0.5) is 0 Å². The molecule has 0 spiro atoms. The van der Waals surface area contributed by atoms with Crippen molar-refractivity contribution in [2.45, 2.75) is 25.7 Å². The fraction of sp³-hybridized carbons (Fsp3) is 0.533. The van der Waals surface area contributed by atoms with Gasteiger partial charge >= 0.3 is 5.97 Å². The molecular formula is C15H20N2O4. The van der Waals surface area contributed by atoms with Gasteiger partial charge in [0.15, 0.2) is 0 Å². The van der Waals surface area contributed by atoms with Gasteiger partial charge in [0.25, 0.3) is 5.91 Å². The summed E-state index contributed by atoms with van der Waals surface area (Å²) in [5.74, 6) is -0.302. The van der Waals surface area contributed by atoms with E-state index in [2.05, 4.69) is 4.98 Å². The van der Waals surface area contributed by atoms with E-state index in [0.717, 1.165) is 12.8 Å². The van der Waals surface area contributed by atoms with Crippen LogP contribution >= 0.6 is 0 Å². The Balaban J connectivity index is 2.03. The number of carbonyl (C=O) groups is 2. The molecule has 2 heterocycles. The summed E-state index contributed by atoms with van der Waals surface area (Å²) < 4.78 is 5.13. The number of aromatic nitrogens is 1. The minimum atomic E-state index is -0.785. The lowest BCUT2D eigenvalue weighted by Gasteiger charge is -2.32. The molecule has 0 bridgehead atoms. The van der Waals surface area contributed by atoms with Crippen LogP contribution in [0.25, 0.3) is 0 Å². The number of piperidine rings is 1. The number of amides is 1. The Hall–Kier alpha value is -2.11. The maximum absolute atomic E-state index is 12.6. The molecule has 21 heavy (non-hydrogen) atoms. The van der Waals surface area contributed by atoms with Crippen molar-refractivity contribution in [1.82, 2.24) is 9.88 Å². The van der Waals surface area contributed by atoms with Gasteiger partial charge in [-0.1, -0.05) is 0 Å². The first-order valence-electron chi connectivity index (χ1n) is 7.12. The average Bonchev–Trinajstić information content (AvgIpc) is 2.52. The second-order valence-corrected chi connectivity index (χ2v) is 5.25. The van der Waals surface area contributed by atoms with Crippen molar-refractivity contribution in [3.63, 3.8) is 0 Å². The number of likely N-dealkylation sites (tertiary alicyclic amines) is 1. The molecule has 0 aliphatic carbocycles. The molecule has 1 unspecified atom stereocenters. The Bertz CT molecular complexity index is 518. The SMILES string of the molecule is COc1ncccc1C(=O)N1CCCC(CCC(=O)O)C1. The lowest BCUT2D eigenvalue weighted by atomic mass is 9.93. The summed E-state index contributed by atoms with van der Waals surface area (Å²) in [7, 11) is 1.49. The zero-order valence-corrected chi connectivity index (χ0v) is 12.1. The number of rotatable bonds is 5. The molecule has 0 aromatic carbocycles. The first-order valence-corrected chi connectivity index (χ1v) is 7.12. The van der Waals surface area contributed by atoms with Gasteiger partial charge < -0.3 is 14.7 Å². The van der Waals surface area contributed by atoms with Crippen molar-refractivity contribution in [3.05, 3.63) is 23.9 Å². The predicted molar refractivity (Wildman–Crippen MR) is 76.3 cm³/mol. The fourth-order valence-electron chi connectivity index (χ4n) is 2.70. The van der Waals surface area contributed by atoms with E-state index in [1.54, 1.807) is 23.2 Å². The number of methoxy groups -OCH3 is 1. The monoisotopic (exact) mass is 292 g/mol. The summed E-state index contributed by atoms with van der Waals surface area (Å²) in [6.45, 7) is 1.30. The Morgan fingerprint density at radius 1 is 1.52 bits per heavy atom.